The molecule has 198 valence electrons. The van der Waals surface area contributed by atoms with Crippen molar-refractivity contribution in [1.82, 2.24) is 0 Å². The second-order valence-corrected chi connectivity index (χ2v) is 10.4. The summed E-state index contributed by atoms with van der Waals surface area (Å²) in [4.78, 5) is 38.3. The summed E-state index contributed by atoms with van der Waals surface area (Å²) >= 11 is 0. The van der Waals surface area contributed by atoms with Crippen molar-refractivity contribution in [1.29, 1.82) is 0 Å². The van der Waals surface area contributed by atoms with Crippen molar-refractivity contribution in [3.63, 3.8) is 0 Å². The summed E-state index contributed by atoms with van der Waals surface area (Å²) < 4.78 is 22.6. The van der Waals surface area contributed by atoms with Crippen LogP contribution in [0, 0.1) is 11.8 Å². The molecule has 8 nitrogen and oxygen atoms in total. The van der Waals surface area contributed by atoms with Gasteiger partial charge in [0, 0.05) is 31.6 Å². The number of allylic oxidation sites excluding steroid dienone is 8. The van der Waals surface area contributed by atoms with Gasteiger partial charge in [0.1, 0.15) is 11.5 Å². The lowest BCUT2D eigenvalue weighted by atomic mass is 9.89. The predicted octanol–water partition coefficient (Wildman–Crippen LogP) is 4.46. The first kappa shape index (κ1) is 25.7. The molecule has 5 aliphatic rings. The smallest absolute Gasteiger partial charge is 0.348 e. The number of carbonyl (C=O) groups excluding carboxylic acids is 3. The Morgan fingerprint density at radius 3 is 2.11 bits per heavy atom. The monoisotopic (exact) mass is 510 g/mol. The number of rotatable bonds is 4. The molecule has 5 rings (SSSR count). The molecule has 2 saturated heterocycles. The number of carbonyl (C=O) groups is 3. The lowest BCUT2D eigenvalue weighted by molar-refractivity contribution is -0.332. The van der Waals surface area contributed by atoms with Crippen LogP contribution >= 0.6 is 0 Å². The zero-order valence-electron chi connectivity index (χ0n) is 20.9. The van der Waals surface area contributed by atoms with E-state index in [-0.39, 0.29) is 11.5 Å². The molecule has 2 aliphatic heterocycles. The fraction of sp³-hybridized carbons (Fsp3) is 0.552. The van der Waals surface area contributed by atoms with E-state index >= 15 is 0 Å². The van der Waals surface area contributed by atoms with Gasteiger partial charge in [0.05, 0.1) is 0 Å². The van der Waals surface area contributed by atoms with Gasteiger partial charge in [0.2, 0.25) is 5.79 Å². The van der Waals surface area contributed by atoms with E-state index in [1.54, 1.807) is 18.2 Å². The van der Waals surface area contributed by atoms with Crippen LogP contribution in [-0.4, -0.2) is 40.9 Å². The largest absolute Gasteiger partial charge is 0.432 e. The average molecular weight is 511 g/mol. The highest BCUT2D eigenvalue weighted by Gasteiger charge is 2.48. The zero-order valence-corrected chi connectivity index (χ0v) is 20.9. The predicted molar refractivity (Wildman–Crippen MR) is 132 cm³/mol. The highest BCUT2D eigenvalue weighted by molar-refractivity contribution is 6.15. The summed E-state index contributed by atoms with van der Waals surface area (Å²) in [6.07, 6.45) is 21.3. The molecule has 4 fully saturated rings. The van der Waals surface area contributed by atoms with Gasteiger partial charge in [-0.1, -0.05) is 55.4 Å². The summed E-state index contributed by atoms with van der Waals surface area (Å²) in [5.74, 6) is -5.10. The summed E-state index contributed by atoms with van der Waals surface area (Å²) in [7, 11) is 0. The number of hydrogen-bond donors (Lipinski definition) is 1. The van der Waals surface area contributed by atoms with Crippen molar-refractivity contribution >= 4 is 17.9 Å². The minimum absolute atomic E-state index is 0.0548. The van der Waals surface area contributed by atoms with E-state index in [2.05, 4.69) is 0 Å². The molecule has 1 N–H and O–H groups in total. The number of aliphatic hydroxyl groups is 1. The van der Waals surface area contributed by atoms with Crippen LogP contribution in [0.25, 0.3) is 0 Å². The van der Waals surface area contributed by atoms with Gasteiger partial charge in [-0.3, -0.25) is 4.79 Å². The van der Waals surface area contributed by atoms with Gasteiger partial charge in [-0.15, -0.1) is 0 Å². The summed E-state index contributed by atoms with van der Waals surface area (Å²) in [5, 5.41) is 10.7. The minimum Gasteiger partial charge on any atom is -0.432 e. The molecular formula is C29H34O8. The molecule has 37 heavy (non-hydrogen) atoms. The summed E-state index contributed by atoms with van der Waals surface area (Å²) in [5.41, 5.74) is 0.571. The molecule has 0 radical (unpaired) electrons. The van der Waals surface area contributed by atoms with Crippen LogP contribution in [0.2, 0.25) is 0 Å². The van der Waals surface area contributed by atoms with E-state index < -0.39 is 41.7 Å². The summed E-state index contributed by atoms with van der Waals surface area (Å²) in [6.45, 7) is 0. The maximum absolute atomic E-state index is 12.8. The third-order valence-electron chi connectivity index (χ3n) is 7.78. The van der Waals surface area contributed by atoms with Crippen LogP contribution in [0.15, 0.2) is 59.8 Å². The van der Waals surface area contributed by atoms with E-state index in [9.17, 15) is 19.5 Å². The van der Waals surface area contributed by atoms with Gasteiger partial charge in [-0.05, 0) is 43.8 Å². The second-order valence-electron chi connectivity index (χ2n) is 10.4. The number of ether oxygens (including phenoxy) is 4. The Morgan fingerprint density at radius 2 is 1.51 bits per heavy atom. The second kappa shape index (κ2) is 10.8. The highest BCUT2D eigenvalue weighted by Crippen LogP contribution is 2.39. The Balaban J connectivity index is 1.35. The Bertz CT molecular complexity index is 1040. The number of aliphatic hydroxyl groups excluding tert-OH is 1. The molecule has 0 amide bonds. The fourth-order valence-electron chi connectivity index (χ4n) is 5.68. The van der Waals surface area contributed by atoms with E-state index in [4.69, 9.17) is 18.9 Å². The first-order chi connectivity index (χ1) is 17.9. The van der Waals surface area contributed by atoms with Crippen molar-refractivity contribution in [3.8, 4) is 0 Å². The Labute approximate surface area is 216 Å². The standard InChI is InChI=1S/C29H34O8/c30-24-22(25(31)35-28(34-24)16-6-2-7-17-28)14-12-21(20-10-4-1-5-11-20)13-15-23-26(32)36-29(37-27(23)33)18-8-3-9-19-29/h1,4-5,10,12-15,20,22,24,30H,2-3,6-9,11,16-19H2/b14-12+,21-13-. The van der Waals surface area contributed by atoms with Gasteiger partial charge in [-0.2, -0.15) is 0 Å². The van der Waals surface area contributed by atoms with Gasteiger partial charge < -0.3 is 24.1 Å². The Hall–Kier alpha value is -2.97. The van der Waals surface area contributed by atoms with E-state index in [1.165, 1.54) is 6.08 Å². The van der Waals surface area contributed by atoms with E-state index in [0.717, 1.165) is 44.1 Å². The maximum Gasteiger partial charge on any atom is 0.348 e. The molecule has 0 aromatic heterocycles. The minimum atomic E-state index is -1.31. The third kappa shape index (κ3) is 5.65. The molecule has 2 saturated carbocycles. The van der Waals surface area contributed by atoms with Crippen LogP contribution in [0.5, 0.6) is 0 Å². The van der Waals surface area contributed by atoms with Gasteiger partial charge in [0.25, 0.3) is 5.79 Å². The molecule has 0 aromatic rings. The Kier molecular flexibility index (Phi) is 7.49. The first-order valence-electron chi connectivity index (χ1n) is 13.4. The number of hydrogen-bond acceptors (Lipinski definition) is 8. The van der Waals surface area contributed by atoms with Crippen LogP contribution < -0.4 is 0 Å². The van der Waals surface area contributed by atoms with Crippen LogP contribution in [-0.2, 0) is 33.3 Å². The molecule has 3 aliphatic carbocycles. The molecule has 0 bridgehead atoms. The first-order valence-corrected chi connectivity index (χ1v) is 13.4. The van der Waals surface area contributed by atoms with Gasteiger partial charge in [0.15, 0.2) is 6.29 Å². The lowest BCUT2D eigenvalue weighted by Gasteiger charge is -2.43. The van der Waals surface area contributed by atoms with Crippen molar-refractivity contribution < 1.29 is 38.4 Å². The van der Waals surface area contributed by atoms with Crippen molar-refractivity contribution in [2.75, 3.05) is 0 Å². The van der Waals surface area contributed by atoms with Crippen molar-refractivity contribution in [2.45, 2.75) is 88.5 Å². The number of esters is 3. The molecule has 2 spiro atoms. The van der Waals surface area contributed by atoms with Crippen molar-refractivity contribution in [3.05, 3.63) is 59.8 Å². The normalized spacial score (nSPS) is 31.4. The highest BCUT2D eigenvalue weighted by atomic mass is 16.8. The lowest BCUT2D eigenvalue weighted by Crippen LogP contribution is -2.52. The maximum atomic E-state index is 12.8. The quantitative estimate of drug-likeness (QED) is 0.256. The van der Waals surface area contributed by atoms with Gasteiger partial charge in [-0.25, -0.2) is 9.59 Å². The molecule has 3 atom stereocenters. The van der Waals surface area contributed by atoms with E-state index in [0.29, 0.717) is 32.1 Å². The molecule has 8 heteroatoms. The van der Waals surface area contributed by atoms with Gasteiger partial charge >= 0.3 is 17.9 Å². The average Bonchev–Trinajstić information content (AvgIpc) is 2.88. The topological polar surface area (TPSA) is 108 Å². The zero-order chi connectivity index (χ0) is 25.9. The molecular weight excluding hydrogens is 476 g/mol. The summed E-state index contributed by atoms with van der Waals surface area (Å²) in [6, 6.07) is 0. The fourth-order valence-corrected chi connectivity index (χ4v) is 5.68. The SMILES string of the molecule is O=C1OC2(CCCCC2)OC(=O)C1=C/C=C(/C=C/C1C(=O)OC2(CCCCC2)OC1O)C1C=CC=CC1. The van der Waals surface area contributed by atoms with E-state index in [1.807, 2.05) is 24.3 Å². The molecule has 0 aromatic carbocycles. The molecule has 3 unspecified atom stereocenters. The third-order valence-corrected chi connectivity index (χ3v) is 7.78. The Morgan fingerprint density at radius 1 is 0.865 bits per heavy atom. The molecule has 2 heterocycles. The van der Waals surface area contributed by atoms with Crippen LogP contribution in [0.4, 0.5) is 0 Å². The van der Waals surface area contributed by atoms with Crippen molar-refractivity contribution in [2.24, 2.45) is 11.8 Å². The van der Waals surface area contributed by atoms with Crippen LogP contribution in [0.3, 0.4) is 0 Å². The van der Waals surface area contributed by atoms with Crippen LogP contribution in [0.1, 0.15) is 70.6 Å².